The molecule has 12 aromatic rings. The van der Waals surface area contributed by atoms with Gasteiger partial charge in [-0.15, -0.1) is 0 Å². The highest BCUT2D eigenvalue weighted by Crippen LogP contribution is 2.38. The number of fused-ring (bicyclic) bond motifs is 6. The Morgan fingerprint density at radius 3 is 1.44 bits per heavy atom. The zero-order valence-electron chi connectivity index (χ0n) is 52.1. The van der Waals surface area contributed by atoms with Crippen LogP contribution in [0.15, 0.2) is 224 Å². The number of hydrogen-bond acceptors (Lipinski definition) is 3. The van der Waals surface area contributed by atoms with E-state index in [0.29, 0.717) is 11.1 Å². The lowest BCUT2D eigenvalue weighted by atomic mass is 9.95. The molecule has 0 fully saturated rings. The maximum Gasteiger partial charge on any atom is 0.240 e. The lowest BCUT2D eigenvalue weighted by Gasteiger charge is -2.15. The van der Waals surface area contributed by atoms with Crippen LogP contribution in [-0.2, 0) is 0 Å². The lowest BCUT2D eigenvalue weighted by Crippen LogP contribution is -2.10. The van der Waals surface area contributed by atoms with Crippen molar-refractivity contribution >= 4 is 43.6 Å². The monoisotopic (exact) mass is 811 g/mol. The molecule has 3 heterocycles. The fraction of sp³-hybridized carbons (Fsp3) is 0. The van der Waals surface area contributed by atoms with Gasteiger partial charge >= 0.3 is 0 Å². The number of para-hydroxylation sites is 3. The van der Waals surface area contributed by atoms with Crippen molar-refractivity contribution in [2.24, 2.45) is 0 Å². The third-order valence-electron chi connectivity index (χ3n) is 10.6. The lowest BCUT2D eigenvalue weighted by molar-refractivity contribution is 0.893. The van der Waals surface area contributed by atoms with Gasteiger partial charge in [-0.2, -0.15) is 15.0 Å². The molecule has 0 spiro atoms. The van der Waals surface area contributed by atoms with Crippen LogP contribution in [0.2, 0.25) is 0 Å². The van der Waals surface area contributed by atoms with Crippen molar-refractivity contribution in [3.63, 3.8) is 0 Å². The highest BCUT2D eigenvalue weighted by Gasteiger charge is 2.22. The Labute approximate surface area is 386 Å². The molecule has 0 N–H and O–H groups in total. The summed E-state index contributed by atoms with van der Waals surface area (Å²) in [7, 11) is 0. The van der Waals surface area contributed by atoms with Crippen LogP contribution in [0.1, 0.15) is 27.4 Å². The van der Waals surface area contributed by atoms with Gasteiger partial charge in [0.1, 0.15) is 0 Å². The molecule has 0 unspecified atom stereocenters. The maximum absolute atomic E-state index is 9.95. The molecule has 5 heteroatoms. The molecule has 5 nitrogen and oxygen atoms in total. The van der Waals surface area contributed by atoms with E-state index in [9.17, 15) is 9.60 Å². The second kappa shape index (κ2) is 14.7. The smallest absolute Gasteiger partial charge is 0.240 e. The minimum atomic E-state index is -0.825. The molecule has 0 saturated carbocycles. The topological polar surface area (TPSA) is 48.5 Å². The van der Waals surface area contributed by atoms with E-state index >= 15 is 0 Å². The number of nitrogens with zero attached hydrogens (tertiary/aromatic N) is 5. The molecule has 12 rings (SSSR count). The SMILES string of the molecule is [2H]c1c([2H])c([2H])c(-c2c([2H])c([2H])c3c4c([2H])c([2H])c([2H])c([2H])c4n(-c4nc(-c5ccccc5-c5ccc(-c6cccc(-c7ccccc7)c6)cc5)nc(-n5c6c([2H])c([2H])c([2H])c([2H])c6c6c([2H])c([2H])c([2H])c([2H])c65)n4)c3c2[2H])c([2H])c1[2H]. The summed E-state index contributed by atoms with van der Waals surface area (Å²) in [5, 5.41) is -1.45. The standard InChI is InChI=1S/C57H37N5/c1-3-16-38(17-4-1)42-20-15-21-43(36-42)40-30-32-41(33-31-40)45-22-7-8-26-50(45)55-58-56(61-51-27-12-9-23-46(51)47-24-10-13-28-52(47)61)60-57(59-55)62-53-29-14-11-25-48(53)49-35-34-44(37-54(49)62)39-18-5-2-6-19-39/h1-37H/i2D,5D,6D,9D,10D,11D,12D,13D,14D,18D,19D,23D,24D,25D,27D,28D,29D,34D,35D,37D. The van der Waals surface area contributed by atoms with Crippen molar-refractivity contribution < 1.29 is 27.4 Å². The molecule has 62 heavy (non-hydrogen) atoms. The molecule has 290 valence electrons. The van der Waals surface area contributed by atoms with Crippen LogP contribution in [-0.4, -0.2) is 24.1 Å². The van der Waals surface area contributed by atoms with Crippen molar-refractivity contribution in [3.8, 4) is 67.8 Å². The second-order valence-corrected chi connectivity index (χ2v) is 14.1. The summed E-state index contributed by atoms with van der Waals surface area (Å²) < 4.78 is 182. The van der Waals surface area contributed by atoms with Crippen LogP contribution in [0, 0.1) is 0 Å². The average Bonchev–Trinajstić information content (AvgIpc) is 4.27. The van der Waals surface area contributed by atoms with Crippen molar-refractivity contribution in [1.82, 2.24) is 24.1 Å². The highest BCUT2D eigenvalue weighted by molar-refractivity contribution is 6.11. The highest BCUT2D eigenvalue weighted by atomic mass is 15.3. The Hall–Kier alpha value is -8.41. The summed E-state index contributed by atoms with van der Waals surface area (Å²) in [6.07, 6.45) is 0. The Balaban J connectivity index is 1.23. The molecule has 0 amide bonds. The van der Waals surface area contributed by atoms with Gasteiger partial charge in [-0.25, -0.2) is 0 Å². The fourth-order valence-electron chi connectivity index (χ4n) is 7.79. The number of benzene rings is 9. The quantitative estimate of drug-likeness (QED) is 0.161. The maximum atomic E-state index is 9.95. The third kappa shape index (κ3) is 5.98. The molecular weight excluding hydrogens is 755 g/mol. The first kappa shape index (κ1) is 20.7. The fourth-order valence-corrected chi connectivity index (χ4v) is 7.79. The minimum absolute atomic E-state index is 0.233. The molecule has 0 aliphatic heterocycles. The first-order valence-corrected chi connectivity index (χ1v) is 19.3. The Morgan fingerprint density at radius 2 is 0.806 bits per heavy atom. The molecule has 0 aliphatic carbocycles. The molecule has 0 radical (unpaired) electrons. The van der Waals surface area contributed by atoms with E-state index in [2.05, 4.69) is 6.07 Å². The summed E-state index contributed by atoms with van der Waals surface area (Å²) in [4.78, 5) is 14.8. The summed E-state index contributed by atoms with van der Waals surface area (Å²) >= 11 is 0. The van der Waals surface area contributed by atoms with Gasteiger partial charge in [-0.1, -0.05) is 194 Å². The van der Waals surface area contributed by atoms with E-state index in [4.69, 9.17) is 32.8 Å². The van der Waals surface area contributed by atoms with Gasteiger partial charge in [0, 0.05) is 27.1 Å². The van der Waals surface area contributed by atoms with Crippen LogP contribution in [0.25, 0.3) is 111 Å². The molecule has 0 saturated heterocycles. The minimum Gasteiger partial charge on any atom is -0.278 e. The molecule has 0 aliphatic rings. The van der Waals surface area contributed by atoms with Crippen LogP contribution in [0.4, 0.5) is 0 Å². The number of rotatable bonds is 7. The van der Waals surface area contributed by atoms with E-state index in [1.165, 1.54) is 0 Å². The zero-order valence-corrected chi connectivity index (χ0v) is 32.1. The van der Waals surface area contributed by atoms with Gasteiger partial charge in [0.2, 0.25) is 11.9 Å². The summed E-state index contributed by atoms with van der Waals surface area (Å²) in [5.74, 6) is -1.39. The van der Waals surface area contributed by atoms with E-state index < -0.39 is 171 Å². The number of aromatic nitrogens is 5. The summed E-state index contributed by atoms with van der Waals surface area (Å²) in [6, 6.07) is 17.2. The first-order chi connectivity index (χ1) is 39.1. The number of hydrogen-bond donors (Lipinski definition) is 0. The zero-order chi connectivity index (χ0) is 58.4. The van der Waals surface area contributed by atoms with E-state index in [1.807, 2.05) is 72.8 Å². The van der Waals surface area contributed by atoms with Crippen molar-refractivity contribution in [2.45, 2.75) is 0 Å². The van der Waals surface area contributed by atoms with Crippen molar-refractivity contribution in [1.29, 1.82) is 0 Å². The van der Waals surface area contributed by atoms with Gasteiger partial charge < -0.3 is 0 Å². The van der Waals surface area contributed by atoms with Crippen LogP contribution < -0.4 is 0 Å². The largest absolute Gasteiger partial charge is 0.278 e. The van der Waals surface area contributed by atoms with Gasteiger partial charge in [0.15, 0.2) is 5.82 Å². The Kier molecular flexibility index (Phi) is 4.91. The Bertz CT molecular complexity index is 4700. The molecule has 3 aromatic heterocycles. The Morgan fingerprint density at radius 1 is 0.323 bits per heavy atom. The van der Waals surface area contributed by atoms with Crippen molar-refractivity contribution in [3.05, 3.63) is 224 Å². The van der Waals surface area contributed by atoms with Gasteiger partial charge in [-0.3, -0.25) is 9.13 Å². The van der Waals surface area contributed by atoms with Gasteiger partial charge in [0.05, 0.1) is 49.5 Å². The predicted molar refractivity (Wildman–Crippen MR) is 256 cm³/mol. The van der Waals surface area contributed by atoms with Gasteiger partial charge in [-0.05, 0) is 74.7 Å². The van der Waals surface area contributed by atoms with E-state index in [0.717, 1.165) is 31.4 Å². The third-order valence-corrected chi connectivity index (χ3v) is 10.6. The second-order valence-electron chi connectivity index (χ2n) is 14.1. The first-order valence-electron chi connectivity index (χ1n) is 29.3. The summed E-state index contributed by atoms with van der Waals surface area (Å²) in [6.45, 7) is 0. The van der Waals surface area contributed by atoms with Crippen LogP contribution in [0.3, 0.4) is 0 Å². The normalized spacial score (nSPS) is 16.1. The molecule has 0 bridgehead atoms. The van der Waals surface area contributed by atoms with Crippen LogP contribution >= 0.6 is 0 Å². The molecule has 9 aromatic carbocycles. The summed E-state index contributed by atoms with van der Waals surface area (Å²) in [5.41, 5.74) is 2.24. The van der Waals surface area contributed by atoms with Crippen molar-refractivity contribution in [2.75, 3.05) is 0 Å². The molecule has 0 atom stereocenters. The molecular formula is C57H37N5. The van der Waals surface area contributed by atoms with E-state index in [-0.39, 0.29) is 27.5 Å². The predicted octanol–water partition coefficient (Wildman–Crippen LogP) is 14.4. The van der Waals surface area contributed by atoms with E-state index in [1.54, 1.807) is 24.3 Å². The van der Waals surface area contributed by atoms with Crippen LogP contribution in [0.5, 0.6) is 0 Å². The average molecular weight is 812 g/mol. The van der Waals surface area contributed by atoms with Gasteiger partial charge in [0.25, 0.3) is 0 Å².